The molecule has 0 aliphatic rings. The van der Waals surface area contributed by atoms with Crippen molar-refractivity contribution in [1.82, 2.24) is 10.3 Å². The topological polar surface area (TPSA) is 38.1 Å². The lowest BCUT2D eigenvalue weighted by molar-refractivity contribution is 0.450. The molecule has 1 atom stereocenters. The molecule has 1 unspecified atom stereocenters. The van der Waals surface area contributed by atoms with Crippen LogP contribution in [0.4, 0.5) is 0 Å². The summed E-state index contributed by atoms with van der Waals surface area (Å²) in [6.45, 7) is 5.14. The summed E-state index contributed by atoms with van der Waals surface area (Å²) in [6.07, 6.45) is 6.46. The molecular weight excluding hydrogens is 212 g/mol. The standard InChI is InChI=1S/C14H18N2O/c1-3-11-10-15-8-7-12(11)14(16-4-2)13-6-5-9-17-13/h5-10,14,16H,3-4H2,1-2H3. The van der Waals surface area contributed by atoms with E-state index in [1.165, 1.54) is 11.1 Å². The van der Waals surface area contributed by atoms with Gasteiger partial charge in [-0.15, -0.1) is 0 Å². The van der Waals surface area contributed by atoms with Crippen LogP contribution in [-0.2, 0) is 6.42 Å². The Labute approximate surface area is 102 Å². The molecule has 17 heavy (non-hydrogen) atoms. The first-order valence-electron chi connectivity index (χ1n) is 6.06. The highest BCUT2D eigenvalue weighted by Gasteiger charge is 2.18. The van der Waals surface area contributed by atoms with Crippen LogP contribution < -0.4 is 5.32 Å². The van der Waals surface area contributed by atoms with Gasteiger partial charge in [-0.1, -0.05) is 13.8 Å². The maximum atomic E-state index is 5.52. The molecule has 3 nitrogen and oxygen atoms in total. The van der Waals surface area contributed by atoms with E-state index in [9.17, 15) is 0 Å². The summed E-state index contributed by atoms with van der Waals surface area (Å²) in [5.74, 6) is 0.952. The normalized spacial score (nSPS) is 12.6. The number of aromatic nitrogens is 1. The Kier molecular flexibility index (Phi) is 3.94. The van der Waals surface area contributed by atoms with Crippen LogP contribution >= 0.6 is 0 Å². The third-order valence-electron chi connectivity index (χ3n) is 2.87. The Morgan fingerprint density at radius 1 is 1.35 bits per heavy atom. The van der Waals surface area contributed by atoms with Crippen LogP contribution in [-0.4, -0.2) is 11.5 Å². The summed E-state index contributed by atoms with van der Waals surface area (Å²) in [6, 6.07) is 6.11. The molecule has 2 aromatic rings. The van der Waals surface area contributed by atoms with Crippen LogP contribution in [0.25, 0.3) is 0 Å². The monoisotopic (exact) mass is 230 g/mol. The van der Waals surface area contributed by atoms with Gasteiger partial charge in [-0.25, -0.2) is 0 Å². The van der Waals surface area contributed by atoms with Crippen LogP contribution in [0, 0.1) is 0 Å². The van der Waals surface area contributed by atoms with Gasteiger partial charge in [0.25, 0.3) is 0 Å². The van der Waals surface area contributed by atoms with Crippen molar-refractivity contribution in [2.75, 3.05) is 6.54 Å². The number of hydrogen-bond donors (Lipinski definition) is 1. The highest BCUT2D eigenvalue weighted by atomic mass is 16.3. The molecule has 0 aliphatic heterocycles. The number of rotatable bonds is 5. The van der Waals surface area contributed by atoms with Crippen LogP contribution in [0.3, 0.4) is 0 Å². The van der Waals surface area contributed by atoms with E-state index in [1.54, 1.807) is 6.26 Å². The van der Waals surface area contributed by atoms with E-state index >= 15 is 0 Å². The van der Waals surface area contributed by atoms with Gasteiger partial charge >= 0.3 is 0 Å². The van der Waals surface area contributed by atoms with Gasteiger partial charge in [0, 0.05) is 12.4 Å². The molecule has 2 rings (SSSR count). The molecule has 0 saturated heterocycles. The van der Waals surface area contributed by atoms with Gasteiger partial charge in [-0.2, -0.15) is 0 Å². The van der Waals surface area contributed by atoms with E-state index in [0.717, 1.165) is 18.7 Å². The second-order valence-electron chi connectivity index (χ2n) is 3.93. The molecule has 0 radical (unpaired) electrons. The predicted molar refractivity (Wildman–Crippen MR) is 67.8 cm³/mol. The van der Waals surface area contributed by atoms with Crippen molar-refractivity contribution in [1.29, 1.82) is 0 Å². The minimum atomic E-state index is 0.118. The number of furan rings is 1. The molecule has 1 N–H and O–H groups in total. The first kappa shape index (κ1) is 11.9. The minimum Gasteiger partial charge on any atom is -0.467 e. The van der Waals surface area contributed by atoms with Gasteiger partial charge in [0.2, 0.25) is 0 Å². The van der Waals surface area contributed by atoms with E-state index in [2.05, 4.69) is 30.2 Å². The molecule has 0 aromatic carbocycles. The number of pyridine rings is 1. The Balaban J connectivity index is 2.39. The summed E-state index contributed by atoms with van der Waals surface area (Å²) in [5.41, 5.74) is 2.51. The first-order chi connectivity index (χ1) is 8.36. The SMILES string of the molecule is CCNC(c1ccco1)c1ccncc1CC. The molecule has 90 valence electrons. The molecule has 0 bridgehead atoms. The van der Waals surface area contributed by atoms with Crippen LogP contribution in [0.5, 0.6) is 0 Å². The van der Waals surface area contributed by atoms with Gasteiger partial charge < -0.3 is 9.73 Å². The maximum absolute atomic E-state index is 5.52. The highest BCUT2D eigenvalue weighted by Crippen LogP contribution is 2.25. The average molecular weight is 230 g/mol. The molecule has 2 heterocycles. The Hall–Kier alpha value is -1.61. The van der Waals surface area contributed by atoms with E-state index in [0.29, 0.717) is 0 Å². The van der Waals surface area contributed by atoms with Crippen molar-refractivity contribution in [2.45, 2.75) is 26.3 Å². The number of nitrogens with zero attached hydrogens (tertiary/aromatic N) is 1. The summed E-state index contributed by atoms with van der Waals surface area (Å²) < 4.78 is 5.52. The van der Waals surface area contributed by atoms with Crippen LogP contribution in [0.2, 0.25) is 0 Å². The van der Waals surface area contributed by atoms with Gasteiger partial charge in [0.05, 0.1) is 12.3 Å². The fourth-order valence-corrected chi connectivity index (χ4v) is 2.04. The molecule has 3 heteroatoms. The molecule has 0 fully saturated rings. The lowest BCUT2D eigenvalue weighted by atomic mass is 9.99. The quantitative estimate of drug-likeness (QED) is 0.858. The lowest BCUT2D eigenvalue weighted by Gasteiger charge is -2.18. The van der Waals surface area contributed by atoms with Crippen molar-refractivity contribution in [3.8, 4) is 0 Å². The van der Waals surface area contributed by atoms with Crippen molar-refractivity contribution in [3.63, 3.8) is 0 Å². The van der Waals surface area contributed by atoms with Gasteiger partial charge in [-0.05, 0) is 42.3 Å². The van der Waals surface area contributed by atoms with Crippen molar-refractivity contribution >= 4 is 0 Å². The third-order valence-corrected chi connectivity index (χ3v) is 2.87. The number of nitrogens with one attached hydrogen (secondary N) is 1. The van der Waals surface area contributed by atoms with Crippen molar-refractivity contribution < 1.29 is 4.42 Å². The Bertz CT molecular complexity index is 451. The summed E-state index contributed by atoms with van der Waals surface area (Å²) in [4.78, 5) is 4.18. The Morgan fingerprint density at radius 2 is 2.24 bits per heavy atom. The zero-order valence-corrected chi connectivity index (χ0v) is 10.3. The Morgan fingerprint density at radius 3 is 2.88 bits per heavy atom. The second-order valence-corrected chi connectivity index (χ2v) is 3.93. The van der Waals surface area contributed by atoms with Crippen LogP contribution in [0.1, 0.15) is 36.8 Å². The van der Waals surface area contributed by atoms with Crippen LogP contribution in [0.15, 0.2) is 41.3 Å². The zero-order valence-electron chi connectivity index (χ0n) is 10.3. The minimum absolute atomic E-state index is 0.118. The smallest absolute Gasteiger partial charge is 0.125 e. The predicted octanol–water partition coefficient (Wildman–Crippen LogP) is 2.94. The van der Waals surface area contributed by atoms with Gasteiger partial charge in [0.1, 0.15) is 5.76 Å². The molecule has 2 aromatic heterocycles. The van der Waals surface area contributed by atoms with Crippen molar-refractivity contribution in [2.24, 2.45) is 0 Å². The second kappa shape index (κ2) is 5.64. The average Bonchev–Trinajstić information content (AvgIpc) is 2.89. The zero-order chi connectivity index (χ0) is 12.1. The van der Waals surface area contributed by atoms with Gasteiger partial charge in [0.15, 0.2) is 0 Å². The molecule has 0 amide bonds. The highest BCUT2D eigenvalue weighted by molar-refractivity contribution is 5.32. The molecule has 0 aliphatic carbocycles. The van der Waals surface area contributed by atoms with Gasteiger partial charge in [-0.3, -0.25) is 4.98 Å². The van der Waals surface area contributed by atoms with Crippen molar-refractivity contribution in [3.05, 3.63) is 53.7 Å². The third kappa shape index (κ3) is 2.56. The number of aryl methyl sites for hydroxylation is 1. The van der Waals surface area contributed by atoms with E-state index in [1.807, 2.05) is 24.5 Å². The van der Waals surface area contributed by atoms with E-state index in [-0.39, 0.29) is 6.04 Å². The fraction of sp³-hybridized carbons (Fsp3) is 0.357. The summed E-state index contributed by atoms with van der Waals surface area (Å²) in [7, 11) is 0. The largest absolute Gasteiger partial charge is 0.467 e. The number of hydrogen-bond acceptors (Lipinski definition) is 3. The fourth-order valence-electron chi connectivity index (χ4n) is 2.04. The molecule has 0 saturated carbocycles. The lowest BCUT2D eigenvalue weighted by Crippen LogP contribution is -2.22. The summed E-state index contributed by atoms with van der Waals surface area (Å²) >= 11 is 0. The first-order valence-corrected chi connectivity index (χ1v) is 6.06. The van der Waals surface area contributed by atoms with E-state index in [4.69, 9.17) is 4.42 Å². The molecular formula is C14H18N2O. The summed E-state index contributed by atoms with van der Waals surface area (Å²) in [5, 5.41) is 3.45. The van der Waals surface area contributed by atoms with E-state index < -0.39 is 0 Å². The maximum Gasteiger partial charge on any atom is 0.125 e. The molecule has 0 spiro atoms.